The molecule has 6 unspecified atom stereocenters. The maximum absolute atomic E-state index is 13.3. The van der Waals surface area contributed by atoms with Gasteiger partial charge in [0.25, 0.3) is 0 Å². The highest BCUT2D eigenvalue weighted by Crippen LogP contribution is 2.53. The van der Waals surface area contributed by atoms with Gasteiger partial charge in [-0.15, -0.1) is 0 Å². The van der Waals surface area contributed by atoms with Crippen LogP contribution in [0, 0.1) is 0 Å². The first-order chi connectivity index (χ1) is 34.5. The molecule has 0 heterocycles. The third-order valence-corrected chi connectivity index (χ3v) is 13.9. The molecule has 1 rings (SSSR count). The third kappa shape index (κ3) is 37.6. The molecule has 0 aromatic carbocycles. The Labute approximate surface area is 431 Å². The largest absolute Gasteiger partial charge is 0.472 e. The number of esters is 2. The third-order valence-electron chi connectivity index (χ3n) is 11.3. The molecule has 0 spiro atoms. The van der Waals surface area contributed by atoms with Crippen molar-refractivity contribution < 1.29 is 104 Å². The van der Waals surface area contributed by atoms with Gasteiger partial charge in [-0.05, 0) is 77.0 Å². The molecule has 0 aliphatic heterocycles. The van der Waals surface area contributed by atoms with Crippen molar-refractivity contribution in [2.75, 3.05) is 13.2 Å². The van der Waals surface area contributed by atoms with Gasteiger partial charge in [-0.25, -0.2) is 18.3 Å². The lowest BCUT2D eigenvalue weighted by molar-refractivity contribution is -0.209. The van der Waals surface area contributed by atoms with E-state index in [2.05, 4.69) is 76.0 Å². The lowest BCUT2D eigenvalue weighted by atomic mass is 9.85. The van der Waals surface area contributed by atoms with E-state index in [1.54, 1.807) is 0 Å². The highest BCUT2D eigenvalue weighted by Gasteiger charge is 2.59. The van der Waals surface area contributed by atoms with E-state index in [-0.39, 0.29) is 12.8 Å². The van der Waals surface area contributed by atoms with Crippen LogP contribution < -0.4 is 0 Å². The van der Waals surface area contributed by atoms with Crippen molar-refractivity contribution in [1.82, 2.24) is 0 Å². The van der Waals surface area contributed by atoms with Crippen LogP contribution in [0.4, 0.5) is 0 Å². The first-order valence-electron chi connectivity index (χ1n) is 25.7. The van der Waals surface area contributed by atoms with Crippen molar-refractivity contribution in [1.29, 1.82) is 0 Å². The summed E-state index contributed by atoms with van der Waals surface area (Å²) in [4.78, 5) is 93.0. The Bertz CT molecular complexity index is 1770. The molecule has 22 nitrogen and oxygen atoms in total. The Morgan fingerprint density at radius 1 is 0.438 bits per heavy atom. The molecule has 1 fully saturated rings. The van der Waals surface area contributed by atoms with E-state index >= 15 is 0 Å². The lowest BCUT2D eigenvalue weighted by Gasteiger charge is -2.45. The van der Waals surface area contributed by atoms with E-state index in [0.717, 1.165) is 89.9 Å². The van der Waals surface area contributed by atoms with Crippen LogP contribution in [-0.4, -0.2) is 112 Å². The Morgan fingerprint density at radius 3 is 1.25 bits per heavy atom. The highest BCUT2D eigenvalue weighted by molar-refractivity contribution is 7.47. The molecule has 0 bridgehead atoms. The number of rotatable bonds is 44. The van der Waals surface area contributed by atoms with Crippen LogP contribution in [-0.2, 0) is 59.9 Å². The zero-order chi connectivity index (χ0) is 54.6. The second-order valence-electron chi connectivity index (χ2n) is 18.0. The van der Waals surface area contributed by atoms with Crippen LogP contribution in [0.5, 0.6) is 0 Å². The summed E-state index contributed by atoms with van der Waals surface area (Å²) in [5.74, 6) is -1.43. The highest BCUT2D eigenvalue weighted by atomic mass is 31.2. The Hall–Kier alpha value is -1.74. The molecule has 6 atom stereocenters. The minimum absolute atomic E-state index is 0.0226. The first kappa shape index (κ1) is 69.3. The van der Waals surface area contributed by atoms with Gasteiger partial charge in [0, 0.05) is 12.8 Å². The average Bonchev–Trinajstić information content (AvgIpc) is 3.30. The van der Waals surface area contributed by atoms with Gasteiger partial charge in [-0.1, -0.05) is 140 Å². The van der Waals surface area contributed by atoms with E-state index < -0.39 is 99.2 Å². The van der Waals surface area contributed by atoms with Crippen molar-refractivity contribution in [2.45, 2.75) is 224 Å². The summed E-state index contributed by atoms with van der Waals surface area (Å²) in [5, 5.41) is 21.9. The second kappa shape index (κ2) is 39.6. The molecule has 1 saturated carbocycles. The van der Waals surface area contributed by atoms with E-state index in [1.807, 2.05) is 0 Å². The normalized spacial score (nSPS) is 21.4. The molecule has 0 radical (unpaired) electrons. The molecule has 426 valence electrons. The molecule has 26 heteroatoms. The number of ether oxygens (including phenoxy) is 2. The summed E-state index contributed by atoms with van der Waals surface area (Å²) in [6, 6.07) is 0. The predicted octanol–water partition coefficient (Wildman–Crippen LogP) is 9.52. The van der Waals surface area contributed by atoms with Gasteiger partial charge in [-0.2, -0.15) is 0 Å². The van der Waals surface area contributed by atoms with Gasteiger partial charge < -0.3 is 53.9 Å². The van der Waals surface area contributed by atoms with E-state index in [1.165, 1.54) is 44.9 Å². The van der Waals surface area contributed by atoms with E-state index in [0.29, 0.717) is 19.3 Å². The maximum Gasteiger partial charge on any atom is 0.472 e. The molecule has 0 amide bonds. The number of allylic oxidation sites excluding steroid dienone is 8. The van der Waals surface area contributed by atoms with Crippen LogP contribution in [0.3, 0.4) is 0 Å². The van der Waals surface area contributed by atoms with Gasteiger partial charge >= 0.3 is 43.2 Å². The van der Waals surface area contributed by atoms with Crippen molar-refractivity contribution in [3.8, 4) is 0 Å². The van der Waals surface area contributed by atoms with Gasteiger partial charge in [-0.3, -0.25) is 32.2 Å². The summed E-state index contributed by atoms with van der Waals surface area (Å²) < 4.78 is 82.2. The van der Waals surface area contributed by atoms with Gasteiger partial charge in [0.05, 0.1) is 6.61 Å². The lowest BCUT2D eigenvalue weighted by Crippen LogP contribution is -2.65. The minimum atomic E-state index is -5.80. The van der Waals surface area contributed by atoms with Crippen LogP contribution in [0.25, 0.3) is 0 Å². The number of carbonyl (C=O) groups is 2. The molecular formula is C47H86O22P4. The quantitative estimate of drug-likeness (QED) is 0.0119. The predicted molar refractivity (Wildman–Crippen MR) is 272 cm³/mol. The molecule has 9 N–H and O–H groups in total. The van der Waals surface area contributed by atoms with Gasteiger partial charge in [0.2, 0.25) is 0 Å². The number of phosphoric ester groups is 4. The smallest absolute Gasteiger partial charge is 0.462 e. The second-order valence-corrected chi connectivity index (χ2v) is 22.9. The molecule has 73 heavy (non-hydrogen) atoms. The number of hydrogen-bond donors (Lipinski definition) is 9. The van der Waals surface area contributed by atoms with Crippen LogP contribution in [0.2, 0.25) is 0 Å². The fourth-order valence-electron chi connectivity index (χ4n) is 7.61. The van der Waals surface area contributed by atoms with E-state index in [4.69, 9.17) is 18.5 Å². The van der Waals surface area contributed by atoms with Crippen LogP contribution in [0.1, 0.15) is 181 Å². The number of aliphatic hydroxyl groups is 2. The zero-order valence-corrected chi connectivity index (χ0v) is 46.2. The fraction of sp³-hybridized carbons (Fsp3) is 0.787. The summed E-state index contributed by atoms with van der Waals surface area (Å²) >= 11 is 0. The molecule has 1 aliphatic rings. The minimum Gasteiger partial charge on any atom is -0.462 e. The van der Waals surface area contributed by atoms with E-state index in [9.17, 15) is 72.3 Å². The number of unbranched alkanes of at least 4 members (excludes halogenated alkanes) is 18. The molecule has 1 aliphatic carbocycles. The maximum atomic E-state index is 13.3. The number of hydrogen-bond acceptors (Lipinski definition) is 15. The van der Waals surface area contributed by atoms with Crippen molar-refractivity contribution >= 4 is 43.2 Å². The van der Waals surface area contributed by atoms with Gasteiger partial charge in [0.15, 0.2) is 6.10 Å². The molecule has 0 aromatic rings. The van der Waals surface area contributed by atoms with Crippen LogP contribution >= 0.6 is 31.3 Å². The summed E-state index contributed by atoms with van der Waals surface area (Å²) in [5.41, 5.74) is 0. The number of carbonyl (C=O) groups excluding carboxylic acids is 2. The Balaban J connectivity index is 2.89. The van der Waals surface area contributed by atoms with Crippen molar-refractivity contribution in [3.63, 3.8) is 0 Å². The number of aliphatic hydroxyl groups excluding tert-OH is 2. The Morgan fingerprint density at radius 2 is 0.795 bits per heavy atom. The summed E-state index contributed by atoms with van der Waals surface area (Å²) in [6.07, 6.45) is 23.0. The SMILES string of the molecule is CCCCCC=CCC=CCC=CCCCCCCC(=O)OC(COC(=O)CCCCCCCCCC=CCCCCCC)COP(=O)(O)OC1C(O)C(OP(=O)(O)O)C(OP(=O)(O)O)C(OP(=O)(O)O)C1O. The fourth-order valence-corrected chi connectivity index (χ4v) is 10.3. The topological polar surface area (TPSA) is 349 Å². The van der Waals surface area contributed by atoms with Crippen molar-refractivity contribution in [3.05, 3.63) is 48.6 Å². The summed E-state index contributed by atoms with van der Waals surface area (Å²) in [6.45, 7) is 2.70. The first-order valence-corrected chi connectivity index (χ1v) is 31.8. The molecular weight excluding hydrogens is 1040 g/mol. The molecule has 0 aromatic heterocycles. The average molecular weight is 1130 g/mol. The monoisotopic (exact) mass is 1130 g/mol. The standard InChI is InChI=1S/C47H86O22P4/c1-3-5-7-9-11-13-15-17-19-20-22-24-26-28-30-32-34-36-41(49)65-39(37-63-40(48)35-33-31-29-27-25-23-21-18-16-14-12-10-8-6-4-2)38-64-73(61,62)69-44-42(50)45(66-70(52,53)54)47(68-72(58,59)60)46(43(44)51)67-71(55,56)57/h11,13-14,16-17,19,22,24,39,42-47,50-51H,3-10,12,15,18,20-21,23,25-38H2,1-2H3,(H,61,62)(H2,52,53,54)(H2,55,56,57)(H2,58,59,60). The Kier molecular flexibility index (Phi) is 37.6. The van der Waals surface area contributed by atoms with Crippen LogP contribution in [0.15, 0.2) is 48.6 Å². The summed E-state index contributed by atoms with van der Waals surface area (Å²) in [7, 11) is -23.0. The van der Waals surface area contributed by atoms with Crippen molar-refractivity contribution in [2.24, 2.45) is 0 Å². The number of phosphoric acid groups is 4. The molecule has 0 saturated heterocycles. The van der Waals surface area contributed by atoms with Gasteiger partial charge in [0.1, 0.15) is 43.2 Å². The zero-order valence-electron chi connectivity index (χ0n) is 42.6.